The van der Waals surface area contributed by atoms with Gasteiger partial charge in [-0.05, 0) is 67.8 Å². The molecule has 6 nitrogen and oxygen atoms in total. The number of benzene rings is 2. The predicted molar refractivity (Wildman–Crippen MR) is 125 cm³/mol. The minimum Gasteiger partial charge on any atom is -0.490 e. The summed E-state index contributed by atoms with van der Waals surface area (Å²) in [4.78, 5) is 14.9. The van der Waals surface area contributed by atoms with Crippen LogP contribution in [-0.2, 0) is 6.54 Å². The first kappa shape index (κ1) is 21.3. The number of carbonyl (C=O) groups excluding carboxylic acids is 1. The summed E-state index contributed by atoms with van der Waals surface area (Å²) in [7, 11) is 0. The molecule has 2 aromatic carbocycles. The fourth-order valence-corrected chi connectivity index (χ4v) is 4.59. The van der Waals surface area contributed by atoms with Crippen molar-refractivity contribution in [1.82, 2.24) is 15.5 Å². The fourth-order valence-electron chi connectivity index (χ4n) is 4.47. The van der Waals surface area contributed by atoms with Crippen molar-refractivity contribution in [2.45, 2.75) is 38.0 Å². The van der Waals surface area contributed by atoms with E-state index in [1.807, 2.05) is 30.3 Å². The Morgan fingerprint density at radius 2 is 1.94 bits per heavy atom. The van der Waals surface area contributed by atoms with Gasteiger partial charge in [0.15, 0.2) is 5.76 Å². The number of hydrogen-bond donors (Lipinski definition) is 2. The fraction of sp³-hybridized carbons (Fsp3) is 0.400. The summed E-state index contributed by atoms with van der Waals surface area (Å²) in [5, 5.41) is 7.93. The molecule has 3 aromatic rings. The van der Waals surface area contributed by atoms with E-state index < -0.39 is 0 Å². The third-order valence-corrected chi connectivity index (χ3v) is 6.52. The Morgan fingerprint density at radius 1 is 1.12 bits per heavy atom. The standard InChI is InChI=1S/C25H28ClN3O3/c26-19-3-1-17(2-4-19)16-29-11-8-21(9-12-29)31-22-5-6-23-18(13-22)14-24(32-23)25(30)28-20-7-10-27-15-20/h1-6,13-14,20-21,27H,7-12,15-16H2,(H,28,30). The summed E-state index contributed by atoms with van der Waals surface area (Å²) in [6, 6.07) is 15.8. The number of amides is 1. The first-order chi connectivity index (χ1) is 15.6. The Balaban J connectivity index is 1.16. The van der Waals surface area contributed by atoms with E-state index in [4.69, 9.17) is 20.8 Å². The van der Waals surface area contributed by atoms with Gasteiger partial charge in [0.1, 0.15) is 17.4 Å². The molecule has 0 aliphatic carbocycles. The molecule has 0 saturated carbocycles. The molecule has 5 rings (SSSR count). The zero-order valence-corrected chi connectivity index (χ0v) is 18.7. The van der Waals surface area contributed by atoms with Gasteiger partial charge in [-0.3, -0.25) is 9.69 Å². The number of nitrogens with zero attached hydrogens (tertiary/aromatic N) is 1. The predicted octanol–water partition coefficient (Wildman–Crippen LogP) is 4.22. The molecule has 2 saturated heterocycles. The van der Waals surface area contributed by atoms with Gasteiger partial charge in [-0.1, -0.05) is 23.7 Å². The normalized spacial score (nSPS) is 20.0. The number of piperidine rings is 1. The minimum atomic E-state index is -0.162. The van der Waals surface area contributed by atoms with Gasteiger partial charge in [0.05, 0.1) is 0 Å². The van der Waals surface area contributed by atoms with E-state index in [2.05, 4.69) is 27.7 Å². The minimum absolute atomic E-state index is 0.162. The van der Waals surface area contributed by atoms with Gasteiger partial charge < -0.3 is 19.8 Å². The van der Waals surface area contributed by atoms with E-state index in [1.54, 1.807) is 6.07 Å². The Kier molecular flexibility index (Phi) is 6.35. The highest BCUT2D eigenvalue weighted by atomic mass is 35.5. The zero-order valence-electron chi connectivity index (χ0n) is 18.0. The van der Waals surface area contributed by atoms with Gasteiger partial charge >= 0.3 is 0 Å². The van der Waals surface area contributed by atoms with Crippen LogP contribution in [0.4, 0.5) is 0 Å². The topological polar surface area (TPSA) is 66.7 Å². The number of halogens is 1. The Hall–Kier alpha value is -2.54. The second-order valence-corrected chi connectivity index (χ2v) is 9.13. The maximum absolute atomic E-state index is 12.5. The number of rotatable bonds is 6. The van der Waals surface area contributed by atoms with Crippen LogP contribution in [0.5, 0.6) is 5.75 Å². The molecule has 168 valence electrons. The summed E-state index contributed by atoms with van der Waals surface area (Å²) in [6.45, 7) is 4.68. The summed E-state index contributed by atoms with van der Waals surface area (Å²) < 4.78 is 12.0. The highest BCUT2D eigenvalue weighted by molar-refractivity contribution is 6.30. The van der Waals surface area contributed by atoms with E-state index in [9.17, 15) is 4.79 Å². The quantitative estimate of drug-likeness (QED) is 0.585. The lowest BCUT2D eigenvalue weighted by Crippen LogP contribution is -2.37. The van der Waals surface area contributed by atoms with Crippen molar-refractivity contribution in [3.63, 3.8) is 0 Å². The first-order valence-electron chi connectivity index (χ1n) is 11.3. The van der Waals surface area contributed by atoms with Gasteiger partial charge in [-0.25, -0.2) is 0 Å². The molecule has 1 amide bonds. The molecule has 1 atom stereocenters. The highest BCUT2D eigenvalue weighted by Gasteiger charge is 2.22. The smallest absolute Gasteiger partial charge is 0.287 e. The number of furan rings is 1. The molecule has 1 aromatic heterocycles. The number of carbonyl (C=O) groups is 1. The maximum atomic E-state index is 12.5. The molecule has 2 aliphatic rings. The van der Waals surface area contributed by atoms with E-state index >= 15 is 0 Å². The van der Waals surface area contributed by atoms with Crippen LogP contribution < -0.4 is 15.4 Å². The van der Waals surface area contributed by atoms with Crippen LogP contribution in [0.2, 0.25) is 5.02 Å². The third kappa shape index (κ3) is 5.09. The lowest BCUT2D eigenvalue weighted by atomic mass is 10.1. The summed E-state index contributed by atoms with van der Waals surface area (Å²) in [5.74, 6) is 1.01. The van der Waals surface area contributed by atoms with Crippen molar-refractivity contribution in [2.24, 2.45) is 0 Å². The van der Waals surface area contributed by atoms with Crippen LogP contribution in [0, 0.1) is 0 Å². The Bertz CT molecular complexity index is 1070. The second-order valence-electron chi connectivity index (χ2n) is 8.69. The molecule has 2 N–H and O–H groups in total. The van der Waals surface area contributed by atoms with Crippen molar-refractivity contribution in [2.75, 3.05) is 26.2 Å². The van der Waals surface area contributed by atoms with Crippen molar-refractivity contribution < 1.29 is 13.9 Å². The van der Waals surface area contributed by atoms with Crippen LogP contribution in [-0.4, -0.2) is 49.1 Å². The number of nitrogens with one attached hydrogen (secondary N) is 2. The van der Waals surface area contributed by atoms with Gasteiger partial charge in [0.2, 0.25) is 0 Å². The van der Waals surface area contributed by atoms with Gasteiger partial charge in [-0.2, -0.15) is 0 Å². The molecule has 2 aliphatic heterocycles. The summed E-state index contributed by atoms with van der Waals surface area (Å²) >= 11 is 5.98. The van der Waals surface area contributed by atoms with E-state index in [0.717, 1.165) is 68.1 Å². The molecule has 0 radical (unpaired) electrons. The van der Waals surface area contributed by atoms with Crippen LogP contribution >= 0.6 is 11.6 Å². The first-order valence-corrected chi connectivity index (χ1v) is 11.7. The van der Waals surface area contributed by atoms with Crippen molar-refractivity contribution in [1.29, 1.82) is 0 Å². The Morgan fingerprint density at radius 3 is 2.69 bits per heavy atom. The monoisotopic (exact) mass is 453 g/mol. The number of hydrogen-bond acceptors (Lipinski definition) is 5. The number of likely N-dealkylation sites (tertiary alicyclic amines) is 1. The van der Waals surface area contributed by atoms with Crippen molar-refractivity contribution in [3.8, 4) is 5.75 Å². The van der Waals surface area contributed by atoms with Gasteiger partial charge in [0.25, 0.3) is 5.91 Å². The van der Waals surface area contributed by atoms with Crippen LogP contribution in [0.15, 0.2) is 52.9 Å². The number of fused-ring (bicyclic) bond motifs is 1. The van der Waals surface area contributed by atoms with E-state index in [1.165, 1.54) is 5.56 Å². The third-order valence-electron chi connectivity index (χ3n) is 6.26. The lowest BCUT2D eigenvalue weighted by molar-refractivity contribution is 0.0914. The number of ether oxygens (including phenoxy) is 1. The average molecular weight is 454 g/mol. The molecule has 0 bridgehead atoms. The molecule has 32 heavy (non-hydrogen) atoms. The molecular formula is C25H28ClN3O3. The molecular weight excluding hydrogens is 426 g/mol. The van der Waals surface area contributed by atoms with Crippen LogP contribution in [0.1, 0.15) is 35.4 Å². The highest BCUT2D eigenvalue weighted by Crippen LogP contribution is 2.27. The van der Waals surface area contributed by atoms with Crippen LogP contribution in [0.3, 0.4) is 0 Å². The largest absolute Gasteiger partial charge is 0.490 e. The van der Waals surface area contributed by atoms with Gasteiger partial charge in [0, 0.05) is 42.6 Å². The van der Waals surface area contributed by atoms with E-state index in [-0.39, 0.29) is 18.1 Å². The van der Waals surface area contributed by atoms with Crippen molar-refractivity contribution >= 4 is 28.5 Å². The summed E-state index contributed by atoms with van der Waals surface area (Å²) in [6.07, 6.45) is 3.11. The van der Waals surface area contributed by atoms with Crippen LogP contribution in [0.25, 0.3) is 11.0 Å². The van der Waals surface area contributed by atoms with Crippen molar-refractivity contribution in [3.05, 3.63) is 64.9 Å². The van der Waals surface area contributed by atoms with Gasteiger partial charge in [-0.15, -0.1) is 0 Å². The lowest BCUT2D eigenvalue weighted by Gasteiger charge is -2.32. The molecule has 1 unspecified atom stereocenters. The zero-order chi connectivity index (χ0) is 21.9. The maximum Gasteiger partial charge on any atom is 0.287 e. The molecule has 3 heterocycles. The molecule has 0 spiro atoms. The summed E-state index contributed by atoms with van der Waals surface area (Å²) in [5.41, 5.74) is 1.98. The second kappa shape index (κ2) is 9.53. The average Bonchev–Trinajstić information content (AvgIpc) is 3.46. The molecule has 7 heteroatoms. The Labute approximate surface area is 192 Å². The SMILES string of the molecule is O=C(NC1CCNC1)c1cc2cc(OC3CCN(Cc4ccc(Cl)cc4)CC3)ccc2o1. The van der Waals surface area contributed by atoms with E-state index in [0.29, 0.717) is 11.3 Å². The molecule has 2 fully saturated rings.